The summed E-state index contributed by atoms with van der Waals surface area (Å²) in [5.74, 6) is 0.535. The number of nitrogens with one attached hydrogen (secondary N) is 1. The van der Waals surface area contributed by atoms with Crippen molar-refractivity contribution in [1.29, 1.82) is 0 Å². The van der Waals surface area contributed by atoms with E-state index >= 15 is 0 Å². The Balaban J connectivity index is 0.00000112. The lowest BCUT2D eigenvalue weighted by Crippen LogP contribution is -1.88. The van der Waals surface area contributed by atoms with Crippen LogP contribution >= 0.6 is 12.4 Å². The number of hydrogen-bond acceptors (Lipinski definition) is 3. The van der Waals surface area contributed by atoms with Gasteiger partial charge in [0.2, 0.25) is 5.89 Å². The van der Waals surface area contributed by atoms with E-state index in [0.29, 0.717) is 11.4 Å². The molecule has 80 valence electrons. The molecule has 0 aliphatic carbocycles. The maximum Gasteiger partial charge on any atom is 0.230 e. The molecule has 0 atom stereocenters. The quantitative estimate of drug-likeness (QED) is 0.859. The molecule has 0 amide bonds. The maximum absolute atomic E-state index is 13.3. The van der Waals surface area contributed by atoms with Gasteiger partial charge in [0, 0.05) is 7.05 Å². The Kier molecular flexibility index (Phi) is 3.68. The van der Waals surface area contributed by atoms with E-state index in [9.17, 15) is 4.39 Å². The van der Waals surface area contributed by atoms with Crippen molar-refractivity contribution in [2.75, 3.05) is 12.4 Å². The fourth-order valence-electron chi connectivity index (χ4n) is 1.15. The molecular weight excluding hydrogens is 219 g/mol. The number of rotatable bonds is 2. The average molecular weight is 229 g/mol. The predicted molar refractivity (Wildman–Crippen MR) is 58.7 cm³/mol. The van der Waals surface area contributed by atoms with Crippen LogP contribution in [-0.2, 0) is 0 Å². The Morgan fingerprint density at radius 2 is 2.07 bits per heavy atom. The molecule has 0 bridgehead atoms. The average Bonchev–Trinajstić information content (AvgIpc) is 2.67. The summed E-state index contributed by atoms with van der Waals surface area (Å²) in [6.07, 6.45) is 1.45. The number of halogens is 2. The molecule has 0 saturated carbocycles. The van der Waals surface area contributed by atoms with Crippen LogP contribution in [0.15, 0.2) is 34.9 Å². The summed E-state index contributed by atoms with van der Waals surface area (Å²) in [6.45, 7) is 0. The summed E-state index contributed by atoms with van der Waals surface area (Å²) in [4.78, 5) is 4.04. The summed E-state index contributed by atoms with van der Waals surface area (Å²) in [6, 6.07) is 6.36. The third-order valence-electron chi connectivity index (χ3n) is 1.86. The Hall–Kier alpha value is -1.55. The number of anilines is 1. The van der Waals surface area contributed by atoms with E-state index in [1.54, 1.807) is 25.2 Å². The molecule has 0 fully saturated rings. The Morgan fingerprint density at radius 3 is 2.67 bits per heavy atom. The zero-order valence-electron chi connectivity index (χ0n) is 8.03. The molecule has 0 spiro atoms. The lowest BCUT2D eigenvalue weighted by atomic mass is 10.2. The Labute approximate surface area is 92.7 Å². The van der Waals surface area contributed by atoms with E-state index < -0.39 is 0 Å². The third kappa shape index (κ3) is 2.27. The lowest BCUT2D eigenvalue weighted by molar-refractivity contribution is 0.562. The van der Waals surface area contributed by atoms with Crippen molar-refractivity contribution >= 4 is 18.2 Å². The van der Waals surface area contributed by atoms with Gasteiger partial charge in [-0.3, -0.25) is 0 Å². The Morgan fingerprint density at radius 1 is 1.33 bits per heavy atom. The van der Waals surface area contributed by atoms with E-state index in [-0.39, 0.29) is 24.1 Å². The van der Waals surface area contributed by atoms with E-state index in [2.05, 4.69) is 10.3 Å². The second-order valence-corrected chi connectivity index (χ2v) is 2.77. The molecule has 2 rings (SSSR count). The van der Waals surface area contributed by atoms with E-state index in [1.807, 2.05) is 0 Å². The first-order valence-electron chi connectivity index (χ1n) is 4.19. The van der Waals surface area contributed by atoms with Crippen molar-refractivity contribution in [3.63, 3.8) is 0 Å². The molecular formula is C10H10ClFN2O. The van der Waals surface area contributed by atoms with Gasteiger partial charge in [0.25, 0.3) is 0 Å². The molecule has 0 aliphatic heterocycles. The van der Waals surface area contributed by atoms with Crippen LogP contribution in [0.1, 0.15) is 0 Å². The molecule has 15 heavy (non-hydrogen) atoms. The highest BCUT2D eigenvalue weighted by atomic mass is 35.5. The first kappa shape index (κ1) is 11.5. The van der Waals surface area contributed by atoms with Gasteiger partial charge in [0.05, 0.1) is 5.56 Å². The fourth-order valence-corrected chi connectivity index (χ4v) is 1.15. The monoisotopic (exact) mass is 228 g/mol. The van der Waals surface area contributed by atoms with Crippen LogP contribution in [0.3, 0.4) is 0 Å². The summed E-state index contributed by atoms with van der Waals surface area (Å²) in [5.41, 5.74) is 0.369. The third-order valence-corrected chi connectivity index (χ3v) is 1.86. The fraction of sp³-hybridized carbons (Fsp3) is 0.100. The molecule has 0 unspecified atom stereocenters. The highest BCUT2D eigenvalue weighted by molar-refractivity contribution is 5.85. The van der Waals surface area contributed by atoms with Crippen LogP contribution in [0.5, 0.6) is 0 Å². The van der Waals surface area contributed by atoms with E-state index in [4.69, 9.17) is 4.42 Å². The van der Waals surface area contributed by atoms with Gasteiger partial charge in [-0.05, 0) is 12.1 Å². The summed E-state index contributed by atoms with van der Waals surface area (Å²) >= 11 is 0. The molecule has 1 N–H and O–H groups in total. The van der Waals surface area contributed by atoms with Crippen molar-refractivity contribution in [2.45, 2.75) is 0 Å². The smallest absolute Gasteiger partial charge is 0.230 e. The van der Waals surface area contributed by atoms with Crippen molar-refractivity contribution < 1.29 is 8.81 Å². The zero-order valence-corrected chi connectivity index (χ0v) is 8.84. The predicted octanol–water partition coefficient (Wildman–Crippen LogP) is 2.94. The number of nitrogens with zero attached hydrogens (tertiary/aromatic N) is 1. The van der Waals surface area contributed by atoms with Crippen molar-refractivity contribution in [3.8, 4) is 11.5 Å². The number of hydrogen-bond donors (Lipinski definition) is 1. The largest absolute Gasteiger partial charge is 0.442 e. The normalized spacial score (nSPS) is 9.47. The minimum absolute atomic E-state index is 0. The van der Waals surface area contributed by atoms with Crippen LogP contribution in [0.4, 0.5) is 10.2 Å². The number of oxazole rings is 1. The molecule has 0 aliphatic rings. The molecule has 1 aromatic carbocycles. The zero-order chi connectivity index (χ0) is 9.97. The van der Waals surface area contributed by atoms with Crippen LogP contribution in [-0.4, -0.2) is 12.0 Å². The van der Waals surface area contributed by atoms with Gasteiger partial charge in [0.1, 0.15) is 12.1 Å². The minimum atomic E-state index is -0.336. The van der Waals surface area contributed by atoms with Crippen molar-refractivity contribution in [1.82, 2.24) is 4.98 Å². The van der Waals surface area contributed by atoms with Gasteiger partial charge < -0.3 is 9.73 Å². The van der Waals surface area contributed by atoms with Gasteiger partial charge in [0.15, 0.2) is 5.82 Å². The first-order valence-corrected chi connectivity index (χ1v) is 4.19. The van der Waals surface area contributed by atoms with Gasteiger partial charge >= 0.3 is 0 Å². The highest BCUT2D eigenvalue weighted by Gasteiger charge is 2.09. The van der Waals surface area contributed by atoms with E-state index in [1.165, 1.54) is 12.3 Å². The molecule has 2 aromatic rings. The topological polar surface area (TPSA) is 38.1 Å². The minimum Gasteiger partial charge on any atom is -0.442 e. The Bertz CT molecular complexity index is 444. The number of aromatic nitrogens is 1. The lowest BCUT2D eigenvalue weighted by Gasteiger charge is -1.95. The number of benzene rings is 1. The van der Waals surface area contributed by atoms with Gasteiger partial charge in [-0.25, -0.2) is 4.39 Å². The summed E-state index contributed by atoms with van der Waals surface area (Å²) in [5, 5.41) is 2.81. The maximum atomic E-state index is 13.3. The van der Waals surface area contributed by atoms with Gasteiger partial charge in [-0.1, -0.05) is 12.1 Å². The SMILES string of the molecule is CNc1coc(-c2ccccc2F)n1.Cl. The summed E-state index contributed by atoms with van der Waals surface area (Å²) in [7, 11) is 1.73. The summed E-state index contributed by atoms with van der Waals surface area (Å²) < 4.78 is 18.4. The van der Waals surface area contributed by atoms with Crippen molar-refractivity contribution in [3.05, 3.63) is 36.3 Å². The molecule has 3 nitrogen and oxygen atoms in total. The van der Waals surface area contributed by atoms with Crippen LogP contribution in [0.25, 0.3) is 11.5 Å². The molecule has 0 radical (unpaired) electrons. The molecule has 0 saturated heterocycles. The standard InChI is InChI=1S/C10H9FN2O.ClH/c1-12-9-6-14-10(13-9)7-4-2-3-5-8(7)11;/h2-6,12H,1H3;1H. The van der Waals surface area contributed by atoms with Gasteiger partial charge in [-0.2, -0.15) is 4.98 Å². The van der Waals surface area contributed by atoms with Crippen LogP contribution < -0.4 is 5.32 Å². The van der Waals surface area contributed by atoms with Crippen molar-refractivity contribution in [2.24, 2.45) is 0 Å². The molecule has 1 heterocycles. The molecule has 1 aromatic heterocycles. The highest BCUT2D eigenvalue weighted by Crippen LogP contribution is 2.22. The van der Waals surface area contributed by atoms with Crippen LogP contribution in [0.2, 0.25) is 0 Å². The first-order chi connectivity index (χ1) is 6.81. The van der Waals surface area contributed by atoms with Gasteiger partial charge in [-0.15, -0.1) is 12.4 Å². The second kappa shape index (κ2) is 4.79. The van der Waals surface area contributed by atoms with Crippen LogP contribution in [0, 0.1) is 5.82 Å². The second-order valence-electron chi connectivity index (χ2n) is 2.77. The van der Waals surface area contributed by atoms with E-state index in [0.717, 1.165) is 0 Å². The molecule has 5 heteroatoms.